The average molecular weight is 248 g/mol. The van der Waals surface area contributed by atoms with Gasteiger partial charge in [0.05, 0.1) is 12.1 Å². The van der Waals surface area contributed by atoms with E-state index in [-0.39, 0.29) is 0 Å². The zero-order chi connectivity index (χ0) is 13.3. The molecule has 18 heavy (non-hydrogen) atoms. The largest absolute Gasteiger partial charge is 0.481 e. The van der Waals surface area contributed by atoms with Gasteiger partial charge in [0.15, 0.2) is 0 Å². The number of carbonyl (C=O) groups is 3. The number of carboxylic acids is 1. The van der Waals surface area contributed by atoms with Gasteiger partial charge < -0.3 is 10.4 Å². The lowest BCUT2D eigenvalue weighted by Crippen LogP contribution is -2.32. The first-order chi connectivity index (χ1) is 8.49. The van der Waals surface area contributed by atoms with Crippen molar-refractivity contribution in [3.8, 4) is 0 Å². The molecular weight excluding hydrogens is 236 g/mol. The Morgan fingerprint density at radius 1 is 1.44 bits per heavy atom. The van der Waals surface area contributed by atoms with E-state index in [1.54, 1.807) is 18.2 Å². The summed E-state index contributed by atoms with van der Waals surface area (Å²) in [6, 6.07) is 5.33. The summed E-state index contributed by atoms with van der Waals surface area (Å²) in [6.07, 6.45) is -0.410. The van der Waals surface area contributed by atoms with Gasteiger partial charge in [-0.25, -0.2) is 9.69 Å². The number of benzene rings is 1. The number of hydrogen-bond acceptors (Lipinski definition) is 3. The summed E-state index contributed by atoms with van der Waals surface area (Å²) < 4.78 is 0. The fraction of sp³-hybridized carbons (Fsp3) is 0.250. The van der Waals surface area contributed by atoms with Crippen LogP contribution in [-0.2, 0) is 9.59 Å². The normalized spacial score (nSPS) is 18.9. The molecule has 0 saturated carbocycles. The van der Waals surface area contributed by atoms with E-state index in [1.165, 1.54) is 0 Å². The van der Waals surface area contributed by atoms with Crippen LogP contribution >= 0.6 is 0 Å². The molecule has 2 N–H and O–H groups in total. The van der Waals surface area contributed by atoms with Gasteiger partial charge >= 0.3 is 12.0 Å². The summed E-state index contributed by atoms with van der Waals surface area (Å²) in [5.74, 6) is -1.66. The molecule has 0 spiro atoms. The number of nitrogens with zero attached hydrogens (tertiary/aromatic N) is 1. The van der Waals surface area contributed by atoms with E-state index in [9.17, 15) is 14.4 Å². The number of imide groups is 1. The highest BCUT2D eigenvalue weighted by Crippen LogP contribution is 2.21. The number of rotatable bonds is 3. The van der Waals surface area contributed by atoms with Gasteiger partial charge in [0, 0.05) is 0 Å². The van der Waals surface area contributed by atoms with Crippen molar-refractivity contribution in [3.63, 3.8) is 0 Å². The van der Waals surface area contributed by atoms with Crippen LogP contribution in [0.4, 0.5) is 10.5 Å². The summed E-state index contributed by atoms with van der Waals surface area (Å²) in [7, 11) is 0. The molecule has 1 saturated heterocycles. The highest BCUT2D eigenvalue weighted by molar-refractivity contribution is 6.21. The first kappa shape index (κ1) is 12.1. The van der Waals surface area contributed by atoms with Crippen LogP contribution in [0.2, 0.25) is 0 Å². The molecule has 1 aromatic rings. The zero-order valence-electron chi connectivity index (χ0n) is 9.71. The lowest BCUT2D eigenvalue weighted by atomic mass is 10.2. The minimum Gasteiger partial charge on any atom is -0.481 e. The van der Waals surface area contributed by atoms with Gasteiger partial charge in [-0.3, -0.25) is 9.59 Å². The molecule has 1 aromatic carbocycles. The number of carbonyl (C=O) groups excluding carboxylic acids is 2. The van der Waals surface area contributed by atoms with Gasteiger partial charge in [-0.1, -0.05) is 12.1 Å². The van der Waals surface area contributed by atoms with Crippen molar-refractivity contribution >= 4 is 23.6 Å². The smallest absolute Gasteiger partial charge is 0.329 e. The SMILES string of the molecule is Cc1cccc(N2C(=O)N[C@H](CC(=O)O)C2=O)c1. The Morgan fingerprint density at radius 2 is 2.17 bits per heavy atom. The Balaban J connectivity index is 2.27. The number of amides is 3. The van der Waals surface area contributed by atoms with Crippen molar-refractivity contribution < 1.29 is 19.5 Å². The van der Waals surface area contributed by atoms with E-state index in [0.29, 0.717) is 5.69 Å². The highest BCUT2D eigenvalue weighted by Gasteiger charge is 2.39. The Kier molecular flexibility index (Phi) is 3.01. The molecule has 1 aliphatic heterocycles. The predicted molar refractivity (Wildman–Crippen MR) is 63.2 cm³/mol. The maximum absolute atomic E-state index is 11.9. The van der Waals surface area contributed by atoms with Crippen LogP contribution < -0.4 is 10.2 Å². The van der Waals surface area contributed by atoms with Gasteiger partial charge in [-0.2, -0.15) is 0 Å². The van der Waals surface area contributed by atoms with Crippen LogP contribution in [-0.4, -0.2) is 29.1 Å². The molecule has 6 heteroatoms. The van der Waals surface area contributed by atoms with E-state index in [1.807, 2.05) is 13.0 Å². The van der Waals surface area contributed by atoms with Gasteiger partial charge in [0.1, 0.15) is 6.04 Å². The maximum Gasteiger partial charge on any atom is 0.329 e. The Bertz CT molecular complexity index is 527. The van der Waals surface area contributed by atoms with E-state index < -0.39 is 30.4 Å². The molecule has 0 unspecified atom stereocenters. The van der Waals surface area contributed by atoms with Crippen molar-refractivity contribution in [2.45, 2.75) is 19.4 Å². The molecule has 1 aliphatic rings. The van der Waals surface area contributed by atoms with Crippen LogP contribution in [0.3, 0.4) is 0 Å². The number of hydrogen-bond donors (Lipinski definition) is 2. The molecule has 1 heterocycles. The zero-order valence-corrected chi connectivity index (χ0v) is 9.71. The topological polar surface area (TPSA) is 86.7 Å². The maximum atomic E-state index is 11.9. The summed E-state index contributed by atoms with van der Waals surface area (Å²) in [5.41, 5.74) is 1.36. The Hall–Kier alpha value is -2.37. The van der Waals surface area contributed by atoms with Crippen molar-refractivity contribution in [1.29, 1.82) is 0 Å². The van der Waals surface area contributed by atoms with Crippen LogP contribution in [0, 0.1) is 6.92 Å². The third kappa shape index (κ3) is 2.17. The van der Waals surface area contributed by atoms with E-state index in [4.69, 9.17) is 5.11 Å². The molecule has 0 aliphatic carbocycles. The first-order valence-corrected chi connectivity index (χ1v) is 5.42. The number of urea groups is 1. The lowest BCUT2D eigenvalue weighted by molar-refractivity contribution is -0.139. The van der Waals surface area contributed by atoms with Gasteiger partial charge in [-0.15, -0.1) is 0 Å². The van der Waals surface area contributed by atoms with E-state index in [2.05, 4.69) is 5.32 Å². The van der Waals surface area contributed by atoms with Crippen molar-refractivity contribution in [1.82, 2.24) is 5.32 Å². The van der Waals surface area contributed by atoms with E-state index in [0.717, 1.165) is 10.5 Å². The van der Waals surface area contributed by atoms with Crippen LogP contribution in [0.5, 0.6) is 0 Å². The molecule has 0 radical (unpaired) electrons. The Morgan fingerprint density at radius 3 is 2.78 bits per heavy atom. The fourth-order valence-corrected chi connectivity index (χ4v) is 1.86. The van der Waals surface area contributed by atoms with Gasteiger partial charge in [0.25, 0.3) is 5.91 Å². The summed E-state index contributed by atoms with van der Waals surface area (Å²) in [5, 5.41) is 11.0. The molecule has 0 aromatic heterocycles. The fourth-order valence-electron chi connectivity index (χ4n) is 1.86. The van der Waals surface area contributed by atoms with E-state index >= 15 is 0 Å². The Labute approximate surface area is 103 Å². The van der Waals surface area contributed by atoms with Crippen molar-refractivity contribution in [3.05, 3.63) is 29.8 Å². The van der Waals surface area contributed by atoms with Crippen molar-refractivity contribution in [2.24, 2.45) is 0 Å². The summed E-state index contributed by atoms with van der Waals surface area (Å²) >= 11 is 0. The second kappa shape index (κ2) is 4.48. The molecule has 2 rings (SSSR count). The van der Waals surface area contributed by atoms with Crippen LogP contribution in [0.1, 0.15) is 12.0 Å². The average Bonchev–Trinajstić information content (AvgIpc) is 2.53. The molecular formula is C12H12N2O4. The number of aryl methyl sites for hydroxylation is 1. The molecule has 6 nitrogen and oxygen atoms in total. The molecule has 1 atom stereocenters. The molecule has 0 bridgehead atoms. The standard InChI is InChI=1S/C12H12N2O4/c1-7-3-2-4-8(5-7)14-11(17)9(6-10(15)16)13-12(14)18/h2-5,9H,6H2,1H3,(H,13,18)(H,15,16)/t9-/m1/s1. The quantitative estimate of drug-likeness (QED) is 0.778. The number of anilines is 1. The number of aliphatic carboxylic acids is 1. The van der Waals surface area contributed by atoms with Gasteiger partial charge in [0.2, 0.25) is 0 Å². The van der Waals surface area contributed by atoms with Crippen LogP contribution in [0.15, 0.2) is 24.3 Å². The van der Waals surface area contributed by atoms with Crippen LogP contribution in [0.25, 0.3) is 0 Å². The number of nitrogens with one attached hydrogen (secondary N) is 1. The highest BCUT2D eigenvalue weighted by atomic mass is 16.4. The molecule has 1 fully saturated rings. The lowest BCUT2D eigenvalue weighted by Gasteiger charge is -2.13. The molecule has 3 amide bonds. The minimum atomic E-state index is -1.13. The minimum absolute atomic E-state index is 0.410. The van der Waals surface area contributed by atoms with Crippen molar-refractivity contribution in [2.75, 3.05) is 4.90 Å². The molecule has 94 valence electrons. The first-order valence-electron chi connectivity index (χ1n) is 5.42. The third-order valence-corrected chi connectivity index (χ3v) is 2.66. The second-order valence-electron chi connectivity index (χ2n) is 4.11. The third-order valence-electron chi connectivity index (χ3n) is 2.66. The monoisotopic (exact) mass is 248 g/mol. The summed E-state index contributed by atoms with van der Waals surface area (Å²) in [6.45, 7) is 1.84. The number of carboxylic acid groups (broad SMARTS) is 1. The summed E-state index contributed by atoms with van der Waals surface area (Å²) in [4.78, 5) is 35.2. The van der Waals surface area contributed by atoms with Gasteiger partial charge in [-0.05, 0) is 24.6 Å². The predicted octanol–water partition coefficient (Wildman–Crippen LogP) is 0.895. The second-order valence-corrected chi connectivity index (χ2v) is 4.11.